The van der Waals surface area contributed by atoms with Crippen molar-refractivity contribution >= 4 is 44.6 Å². The minimum Gasteiger partial charge on any atom is -0.497 e. The predicted octanol–water partition coefficient (Wildman–Crippen LogP) is 3.35. The Kier molecular flexibility index (Phi) is 6.70. The lowest BCUT2D eigenvalue weighted by Crippen LogP contribution is -2.22. The van der Waals surface area contributed by atoms with E-state index in [0.717, 1.165) is 11.3 Å². The van der Waals surface area contributed by atoms with E-state index in [9.17, 15) is 18.0 Å². The summed E-state index contributed by atoms with van der Waals surface area (Å²) in [5, 5.41) is 4.22. The van der Waals surface area contributed by atoms with Crippen LogP contribution in [0.1, 0.15) is 10.4 Å². The first-order chi connectivity index (χ1) is 14.4. The fourth-order valence-electron chi connectivity index (χ4n) is 2.47. The second kappa shape index (κ2) is 9.42. The SMILES string of the molecule is COc1cccc(NC(=O)COC(=O)c2ccccc2NS(=O)(=O)c2cccs2)c1. The Balaban J connectivity index is 1.65. The highest BCUT2D eigenvalue weighted by Crippen LogP contribution is 2.23. The zero-order chi connectivity index (χ0) is 21.6. The number of thiophene rings is 1. The van der Waals surface area contributed by atoms with Crippen molar-refractivity contribution in [3.63, 3.8) is 0 Å². The van der Waals surface area contributed by atoms with E-state index in [-0.39, 0.29) is 15.5 Å². The maximum atomic E-state index is 12.4. The highest BCUT2D eigenvalue weighted by Gasteiger charge is 2.20. The second-order valence-corrected chi connectivity index (χ2v) is 8.80. The maximum Gasteiger partial charge on any atom is 0.340 e. The van der Waals surface area contributed by atoms with E-state index >= 15 is 0 Å². The van der Waals surface area contributed by atoms with Gasteiger partial charge in [-0.1, -0.05) is 24.3 Å². The van der Waals surface area contributed by atoms with Crippen molar-refractivity contribution in [2.75, 3.05) is 23.8 Å². The lowest BCUT2D eigenvalue weighted by molar-refractivity contribution is -0.119. The number of carbonyl (C=O) groups is 2. The number of amides is 1. The fraction of sp³-hybridized carbons (Fsp3) is 0.100. The molecule has 0 saturated heterocycles. The Hall–Kier alpha value is -3.37. The summed E-state index contributed by atoms with van der Waals surface area (Å²) in [5.41, 5.74) is 0.537. The van der Waals surface area contributed by atoms with Gasteiger partial charge in [0.25, 0.3) is 15.9 Å². The molecular weight excluding hydrogens is 428 g/mol. The van der Waals surface area contributed by atoms with Gasteiger partial charge in [-0.3, -0.25) is 9.52 Å². The molecule has 3 rings (SSSR count). The van der Waals surface area contributed by atoms with Gasteiger partial charge in [0.15, 0.2) is 6.61 Å². The summed E-state index contributed by atoms with van der Waals surface area (Å²) < 4.78 is 37.5. The topological polar surface area (TPSA) is 111 Å². The van der Waals surface area contributed by atoms with Crippen molar-refractivity contribution in [3.05, 3.63) is 71.6 Å². The van der Waals surface area contributed by atoms with Gasteiger partial charge in [-0.05, 0) is 35.7 Å². The number of methoxy groups -OCH3 is 1. The lowest BCUT2D eigenvalue weighted by atomic mass is 10.2. The van der Waals surface area contributed by atoms with Crippen molar-refractivity contribution in [3.8, 4) is 5.75 Å². The van der Waals surface area contributed by atoms with Crippen molar-refractivity contribution in [2.24, 2.45) is 0 Å². The number of rotatable bonds is 8. The van der Waals surface area contributed by atoms with Crippen molar-refractivity contribution < 1.29 is 27.5 Å². The third-order valence-corrected chi connectivity index (χ3v) is 6.60. The summed E-state index contributed by atoms with van der Waals surface area (Å²) in [6.07, 6.45) is 0. The van der Waals surface area contributed by atoms with Crippen LogP contribution in [0.15, 0.2) is 70.3 Å². The normalized spacial score (nSPS) is 10.8. The van der Waals surface area contributed by atoms with Crippen LogP contribution in [0.4, 0.5) is 11.4 Å². The summed E-state index contributed by atoms with van der Waals surface area (Å²) >= 11 is 1.05. The first kappa shape index (κ1) is 21.3. The number of benzene rings is 2. The molecular formula is C20H18N2O6S2. The molecule has 0 radical (unpaired) electrons. The number of nitrogens with one attached hydrogen (secondary N) is 2. The molecule has 0 fully saturated rings. The molecule has 3 aromatic rings. The molecule has 0 unspecified atom stereocenters. The second-order valence-electron chi connectivity index (χ2n) is 5.94. The standard InChI is InChI=1S/C20H18N2O6S2/c1-27-15-7-4-6-14(12-15)21-18(23)13-28-20(24)16-8-2-3-9-17(16)22-30(25,26)19-10-5-11-29-19/h2-12,22H,13H2,1H3,(H,21,23). The minimum absolute atomic E-state index is 0.00758. The van der Waals surface area contributed by atoms with Crippen LogP contribution in [0, 0.1) is 0 Å². The summed E-state index contributed by atoms with van der Waals surface area (Å²) in [7, 11) is -2.33. The van der Waals surface area contributed by atoms with Gasteiger partial charge in [0.1, 0.15) is 9.96 Å². The number of hydrogen-bond acceptors (Lipinski definition) is 7. The molecule has 30 heavy (non-hydrogen) atoms. The molecule has 0 aliphatic heterocycles. The summed E-state index contributed by atoms with van der Waals surface area (Å²) in [6.45, 7) is -0.540. The number of esters is 1. The molecule has 156 valence electrons. The molecule has 1 aromatic heterocycles. The maximum absolute atomic E-state index is 12.4. The Morgan fingerprint density at radius 1 is 1.03 bits per heavy atom. The third kappa shape index (κ3) is 5.37. The Morgan fingerprint density at radius 2 is 1.83 bits per heavy atom. The van der Waals surface area contributed by atoms with Crippen LogP contribution in [0.2, 0.25) is 0 Å². The summed E-state index contributed by atoms with van der Waals surface area (Å²) in [5.74, 6) is -0.815. The third-order valence-electron chi connectivity index (χ3n) is 3.84. The first-order valence-corrected chi connectivity index (χ1v) is 11.0. The van der Waals surface area contributed by atoms with Gasteiger partial charge in [-0.25, -0.2) is 13.2 Å². The molecule has 0 saturated carbocycles. The number of sulfonamides is 1. The molecule has 0 aliphatic carbocycles. The van der Waals surface area contributed by atoms with Gasteiger partial charge >= 0.3 is 5.97 Å². The number of hydrogen-bond donors (Lipinski definition) is 2. The molecule has 2 aromatic carbocycles. The molecule has 0 aliphatic rings. The van der Waals surface area contributed by atoms with E-state index in [1.54, 1.807) is 47.8 Å². The van der Waals surface area contributed by atoms with Crippen molar-refractivity contribution in [1.29, 1.82) is 0 Å². The van der Waals surface area contributed by atoms with Gasteiger partial charge in [-0.2, -0.15) is 0 Å². The summed E-state index contributed by atoms with van der Waals surface area (Å²) in [6, 6.07) is 15.8. The minimum atomic E-state index is -3.84. The summed E-state index contributed by atoms with van der Waals surface area (Å²) in [4.78, 5) is 24.5. The van der Waals surface area contributed by atoms with Crippen LogP contribution in [0.3, 0.4) is 0 Å². The molecule has 1 heterocycles. The van der Waals surface area contributed by atoms with Crippen molar-refractivity contribution in [1.82, 2.24) is 0 Å². The van der Waals surface area contributed by atoms with Gasteiger partial charge < -0.3 is 14.8 Å². The quantitative estimate of drug-likeness (QED) is 0.514. The Morgan fingerprint density at radius 3 is 2.57 bits per heavy atom. The number of carbonyl (C=O) groups excluding carboxylic acids is 2. The molecule has 1 amide bonds. The predicted molar refractivity (Wildman–Crippen MR) is 113 cm³/mol. The van der Waals surface area contributed by atoms with E-state index in [4.69, 9.17) is 9.47 Å². The van der Waals surface area contributed by atoms with E-state index in [1.807, 2.05) is 0 Å². The van der Waals surface area contributed by atoms with Gasteiger partial charge in [-0.15, -0.1) is 11.3 Å². The zero-order valence-electron chi connectivity index (χ0n) is 15.8. The average Bonchev–Trinajstić information content (AvgIpc) is 3.28. The number of ether oxygens (including phenoxy) is 2. The van der Waals surface area contributed by atoms with Gasteiger partial charge in [0, 0.05) is 11.8 Å². The molecule has 0 bridgehead atoms. The van der Waals surface area contributed by atoms with Crippen LogP contribution in [0.25, 0.3) is 0 Å². The van der Waals surface area contributed by atoms with Crippen LogP contribution < -0.4 is 14.8 Å². The van der Waals surface area contributed by atoms with E-state index in [0.29, 0.717) is 11.4 Å². The number of anilines is 2. The molecule has 2 N–H and O–H groups in total. The highest BCUT2D eigenvalue weighted by molar-refractivity contribution is 7.94. The molecule has 10 heteroatoms. The van der Waals surface area contributed by atoms with Gasteiger partial charge in [0.05, 0.1) is 18.4 Å². The molecule has 0 atom stereocenters. The first-order valence-electron chi connectivity index (χ1n) is 8.65. The van der Waals surface area contributed by atoms with E-state index in [2.05, 4.69) is 10.0 Å². The zero-order valence-corrected chi connectivity index (χ0v) is 17.5. The van der Waals surface area contributed by atoms with Crippen LogP contribution in [0.5, 0.6) is 5.75 Å². The van der Waals surface area contributed by atoms with Crippen LogP contribution >= 0.6 is 11.3 Å². The monoisotopic (exact) mass is 446 g/mol. The van der Waals surface area contributed by atoms with Crippen molar-refractivity contribution in [2.45, 2.75) is 4.21 Å². The van der Waals surface area contributed by atoms with Crippen LogP contribution in [-0.4, -0.2) is 34.0 Å². The molecule has 0 spiro atoms. The fourth-order valence-corrected chi connectivity index (χ4v) is 4.54. The Bertz CT molecular complexity index is 1140. The Labute approximate surface area is 177 Å². The largest absolute Gasteiger partial charge is 0.497 e. The average molecular weight is 447 g/mol. The smallest absolute Gasteiger partial charge is 0.340 e. The van der Waals surface area contributed by atoms with E-state index < -0.39 is 28.5 Å². The van der Waals surface area contributed by atoms with E-state index in [1.165, 1.54) is 25.3 Å². The van der Waals surface area contributed by atoms with Gasteiger partial charge in [0.2, 0.25) is 0 Å². The lowest BCUT2D eigenvalue weighted by Gasteiger charge is -2.12. The van der Waals surface area contributed by atoms with Crippen LogP contribution in [-0.2, 0) is 19.6 Å². The highest BCUT2D eigenvalue weighted by atomic mass is 32.2. The number of para-hydroxylation sites is 1. The molecule has 8 nitrogen and oxygen atoms in total.